The minimum atomic E-state index is -1.03. The van der Waals surface area contributed by atoms with Gasteiger partial charge in [0.15, 0.2) is 8.11 Å². The van der Waals surface area contributed by atoms with E-state index in [1.807, 2.05) is 0 Å². The van der Waals surface area contributed by atoms with Crippen molar-refractivity contribution in [3.05, 3.63) is 11.9 Å². The summed E-state index contributed by atoms with van der Waals surface area (Å²) in [5.74, 6) is 0. The molecule has 64 valence electrons. The molecule has 4 heteroatoms. The van der Waals surface area contributed by atoms with Crippen molar-refractivity contribution >= 4 is 19.2 Å². The third kappa shape index (κ3) is 3.79. The van der Waals surface area contributed by atoms with Crippen molar-refractivity contribution in [3.63, 3.8) is 0 Å². The van der Waals surface area contributed by atoms with E-state index < -0.39 is 8.11 Å². The standard InChI is InChI=1S/C7H14ClNOSi/c1-11(8)7-4-9-2-5-10-6-3-9/h4,7,11H,2-3,5-6H2,1H3. The Morgan fingerprint density at radius 1 is 1.45 bits per heavy atom. The van der Waals surface area contributed by atoms with Gasteiger partial charge in [-0.3, -0.25) is 0 Å². The fourth-order valence-corrected chi connectivity index (χ4v) is 1.64. The molecule has 0 aromatic heterocycles. The highest BCUT2D eigenvalue weighted by molar-refractivity contribution is 7.09. The van der Waals surface area contributed by atoms with Gasteiger partial charge in [0.2, 0.25) is 0 Å². The Labute approximate surface area is 74.1 Å². The molecule has 1 rings (SSSR count). The maximum Gasteiger partial charge on any atom is 0.162 e. The predicted molar refractivity (Wildman–Crippen MR) is 50.4 cm³/mol. The molecule has 1 heterocycles. The first-order valence-electron chi connectivity index (χ1n) is 3.93. The number of nitrogens with zero attached hydrogens (tertiary/aromatic N) is 1. The molecule has 0 saturated carbocycles. The maximum absolute atomic E-state index is 5.89. The van der Waals surface area contributed by atoms with E-state index in [2.05, 4.69) is 23.3 Å². The SMILES string of the molecule is C[SiH](Cl)C=CN1CCOCC1. The van der Waals surface area contributed by atoms with Crippen LogP contribution in [0.25, 0.3) is 0 Å². The van der Waals surface area contributed by atoms with Crippen molar-refractivity contribution in [2.24, 2.45) is 0 Å². The summed E-state index contributed by atoms with van der Waals surface area (Å²) in [6.45, 7) is 5.81. The van der Waals surface area contributed by atoms with Crippen LogP contribution < -0.4 is 0 Å². The van der Waals surface area contributed by atoms with E-state index in [-0.39, 0.29) is 0 Å². The second kappa shape index (κ2) is 4.80. The van der Waals surface area contributed by atoms with Crippen LogP contribution in [0.3, 0.4) is 0 Å². The van der Waals surface area contributed by atoms with Gasteiger partial charge in [-0.1, -0.05) is 12.2 Å². The van der Waals surface area contributed by atoms with Crippen LogP contribution in [0.1, 0.15) is 0 Å². The largest absolute Gasteiger partial charge is 0.378 e. The second-order valence-corrected chi connectivity index (χ2v) is 6.47. The Kier molecular flexibility index (Phi) is 3.97. The third-order valence-electron chi connectivity index (χ3n) is 1.61. The van der Waals surface area contributed by atoms with Gasteiger partial charge in [-0.05, 0) is 6.20 Å². The first-order chi connectivity index (χ1) is 5.29. The highest BCUT2D eigenvalue weighted by Gasteiger charge is 2.05. The molecule has 1 saturated heterocycles. The molecular weight excluding hydrogens is 178 g/mol. The van der Waals surface area contributed by atoms with Crippen LogP contribution in [-0.4, -0.2) is 39.3 Å². The van der Waals surface area contributed by atoms with Crippen molar-refractivity contribution in [1.82, 2.24) is 4.90 Å². The molecule has 1 atom stereocenters. The minimum Gasteiger partial charge on any atom is -0.378 e. The van der Waals surface area contributed by atoms with Crippen molar-refractivity contribution in [3.8, 4) is 0 Å². The normalized spacial score (nSPS) is 22.5. The number of ether oxygens (including phenoxy) is 1. The van der Waals surface area contributed by atoms with Gasteiger partial charge in [-0.25, -0.2) is 0 Å². The predicted octanol–water partition coefficient (Wildman–Crippen LogP) is 0.964. The first-order valence-corrected chi connectivity index (χ1v) is 7.50. The van der Waals surface area contributed by atoms with Gasteiger partial charge in [0.05, 0.1) is 13.2 Å². The highest BCUT2D eigenvalue weighted by atomic mass is 35.6. The van der Waals surface area contributed by atoms with Crippen molar-refractivity contribution in [2.45, 2.75) is 6.55 Å². The molecule has 1 aliphatic heterocycles. The fourth-order valence-electron chi connectivity index (χ4n) is 0.967. The van der Waals surface area contributed by atoms with E-state index in [1.54, 1.807) is 0 Å². The van der Waals surface area contributed by atoms with Gasteiger partial charge in [-0.2, -0.15) is 11.1 Å². The lowest BCUT2D eigenvalue weighted by molar-refractivity contribution is 0.0595. The van der Waals surface area contributed by atoms with E-state index in [1.165, 1.54) is 0 Å². The summed E-state index contributed by atoms with van der Waals surface area (Å²) >= 11 is 5.89. The smallest absolute Gasteiger partial charge is 0.162 e. The van der Waals surface area contributed by atoms with Crippen LogP contribution in [0.15, 0.2) is 11.9 Å². The molecule has 1 fully saturated rings. The monoisotopic (exact) mass is 191 g/mol. The molecule has 11 heavy (non-hydrogen) atoms. The lowest BCUT2D eigenvalue weighted by Gasteiger charge is -2.25. The van der Waals surface area contributed by atoms with Gasteiger partial charge in [0, 0.05) is 13.1 Å². The van der Waals surface area contributed by atoms with Crippen molar-refractivity contribution < 1.29 is 4.74 Å². The van der Waals surface area contributed by atoms with Crippen LogP contribution in [0.2, 0.25) is 6.55 Å². The molecule has 2 nitrogen and oxygen atoms in total. The van der Waals surface area contributed by atoms with Gasteiger partial charge >= 0.3 is 0 Å². The molecule has 0 aliphatic carbocycles. The molecule has 0 bridgehead atoms. The Morgan fingerprint density at radius 2 is 2.09 bits per heavy atom. The molecular formula is C7H14ClNOSi. The van der Waals surface area contributed by atoms with E-state index in [9.17, 15) is 0 Å². The maximum atomic E-state index is 5.89. The molecule has 0 aromatic rings. The Hall–Kier alpha value is 0.00688. The zero-order valence-electron chi connectivity index (χ0n) is 6.79. The summed E-state index contributed by atoms with van der Waals surface area (Å²) in [5.41, 5.74) is 2.13. The van der Waals surface area contributed by atoms with Crippen LogP contribution in [-0.2, 0) is 4.74 Å². The molecule has 0 amide bonds. The molecule has 0 spiro atoms. The summed E-state index contributed by atoms with van der Waals surface area (Å²) in [6.07, 6.45) is 2.12. The summed E-state index contributed by atoms with van der Waals surface area (Å²) in [7, 11) is -1.03. The fraction of sp³-hybridized carbons (Fsp3) is 0.714. The lowest BCUT2D eigenvalue weighted by atomic mass is 10.5. The zero-order chi connectivity index (χ0) is 8.10. The number of hydrogen-bond acceptors (Lipinski definition) is 2. The van der Waals surface area contributed by atoms with E-state index in [0.29, 0.717) is 0 Å². The second-order valence-electron chi connectivity index (χ2n) is 2.67. The summed E-state index contributed by atoms with van der Waals surface area (Å²) in [6, 6.07) is 0. The van der Waals surface area contributed by atoms with Crippen molar-refractivity contribution in [1.29, 1.82) is 0 Å². The zero-order valence-corrected chi connectivity index (χ0v) is 8.70. The first kappa shape index (κ1) is 9.10. The van der Waals surface area contributed by atoms with Gasteiger partial charge in [-0.15, -0.1) is 0 Å². The van der Waals surface area contributed by atoms with Crippen LogP contribution in [0.5, 0.6) is 0 Å². The van der Waals surface area contributed by atoms with E-state index in [0.717, 1.165) is 26.3 Å². The van der Waals surface area contributed by atoms with Crippen LogP contribution in [0.4, 0.5) is 0 Å². The van der Waals surface area contributed by atoms with Gasteiger partial charge in [0.1, 0.15) is 0 Å². The Morgan fingerprint density at radius 3 is 2.64 bits per heavy atom. The highest BCUT2D eigenvalue weighted by Crippen LogP contribution is 1.99. The lowest BCUT2D eigenvalue weighted by Crippen LogP contribution is -2.32. The molecule has 1 aliphatic rings. The Bertz CT molecular complexity index is 134. The number of morpholine rings is 1. The van der Waals surface area contributed by atoms with E-state index in [4.69, 9.17) is 15.8 Å². The van der Waals surface area contributed by atoms with E-state index >= 15 is 0 Å². The molecule has 1 unspecified atom stereocenters. The van der Waals surface area contributed by atoms with Crippen LogP contribution in [0, 0.1) is 0 Å². The van der Waals surface area contributed by atoms with Gasteiger partial charge in [0.25, 0.3) is 0 Å². The number of halogens is 1. The topological polar surface area (TPSA) is 12.5 Å². The quantitative estimate of drug-likeness (QED) is 0.477. The minimum absolute atomic E-state index is 0.850. The van der Waals surface area contributed by atoms with Crippen molar-refractivity contribution in [2.75, 3.05) is 26.3 Å². The summed E-state index contributed by atoms with van der Waals surface area (Å²) in [5, 5.41) is 0. The third-order valence-corrected chi connectivity index (χ3v) is 2.75. The molecule has 0 aromatic carbocycles. The summed E-state index contributed by atoms with van der Waals surface area (Å²) in [4.78, 5) is 2.26. The molecule has 0 N–H and O–H groups in total. The van der Waals surface area contributed by atoms with Gasteiger partial charge < -0.3 is 9.64 Å². The summed E-state index contributed by atoms with van der Waals surface area (Å²) < 4.78 is 5.21. The number of rotatable bonds is 2. The Balaban J connectivity index is 2.23. The average Bonchev–Trinajstić information content (AvgIpc) is 2.03. The molecule has 0 radical (unpaired) electrons. The average molecular weight is 192 g/mol. The van der Waals surface area contributed by atoms with Crippen LogP contribution >= 0.6 is 11.1 Å². The number of hydrogen-bond donors (Lipinski definition) is 0.